The molecule has 184 valence electrons. The quantitative estimate of drug-likeness (QED) is 0.288. The molecule has 3 aromatic carbocycles. The Bertz CT molecular complexity index is 1320. The predicted molar refractivity (Wildman–Crippen MR) is 119 cm³/mol. The minimum atomic E-state index is -4.86. The van der Waals surface area contributed by atoms with E-state index in [9.17, 15) is 32.9 Å². The number of ether oxygens (including phenoxy) is 1. The molecule has 0 aliphatic carbocycles. The van der Waals surface area contributed by atoms with E-state index in [4.69, 9.17) is 4.84 Å². The van der Waals surface area contributed by atoms with E-state index in [1.807, 2.05) is 0 Å². The molecule has 2 aliphatic rings. The van der Waals surface area contributed by atoms with Gasteiger partial charge in [-0.1, -0.05) is 30.3 Å². The Morgan fingerprint density at radius 3 is 2.08 bits per heavy atom. The van der Waals surface area contributed by atoms with Crippen LogP contribution in [0.5, 0.6) is 5.75 Å². The van der Waals surface area contributed by atoms with Crippen molar-refractivity contribution in [3.63, 3.8) is 0 Å². The van der Waals surface area contributed by atoms with E-state index >= 15 is 0 Å². The molecule has 0 radical (unpaired) electrons. The number of imide groups is 1. The summed E-state index contributed by atoms with van der Waals surface area (Å²) in [5, 5.41) is 12.4. The fourth-order valence-corrected chi connectivity index (χ4v) is 4.40. The fourth-order valence-electron chi connectivity index (χ4n) is 4.40. The summed E-state index contributed by atoms with van der Waals surface area (Å²) in [5.74, 6) is -2.71. The third-order valence-electron chi connectivity index (χ3n) is 5.90. The summed E-state index contributed by atoms with van der Waals surface area (Å²) < 4.78 is 41.7. The summed E-state index contributed by atoms with van der Waals surface area (Å²) in [7, 11) is 0. The van der Waals surface area contributed by atoms with Crippen LogP contribution in [0, 0.1) is 16.0 Å². The summed E-state index contributed by atoms with van der Waals surface area (Å²) in [6, 6.07) is 17.7. The lowest BCUT2D eigenvalue weighted by Crippen LogP contribution is -2.37. The van der Waals surface area contributed by atoms with Crippen LogP contribution in [0.2, 0.25) is 0 Å². The Balaban J connectivity index is 1.51. The van der Waals surface area contributed by atoms with E-state index in [1.54, 1.807) is 30.3 Å². The average Bonchev–Trinajstić information content (AvgIpc) is 3.35. The molecule has 2 saturated heterocycles. The Kier molecular flexibility index (Phi) is 5.59. The number of benzene rings is 3. The van der Waals surface area contributed by atoms with E-state index in [2.05, 4.69) is 4.74 Å². The first kappa shape index (κ1) is 23.3. The highest BCUT2D eigenvalue weighted by Crippen LogP contribution is 2.47. The first-order valence-corrected chi connectivity index (χ1v) is 10.6. The molecular formula is C24H16F3N3O6. The van der Waals surface area contributed by atoms with Crippen molar-refractivity contribution in [3.8, 4) is 5.75 Å². The van der Waals surface area contributed by atoms with Crippen LogP contribution in [-0.2, 0) is 14.4 Å². The molecule has 2 amide bonds. The number of hydroxylamine groups is 1. The Hall–Kier alpha value is -4.45. The number of nitro groups is 1. The molecule has 3 atom stereocenters. The van der Waals surface area contributed by atoms with Gasteiger partial charge in [0.25, 0.3) is 11.6 Å². The highest BCUT2D eigenvalue weighted by atomic mass is 19.4. The minimum Gasteiger partial charge on any atom is -0.406 e. The molecule has 0 N–H and O–H groups in total. The van der Waals surface area contributed by atoms with Crippen LogP contribution in [0.1, 0.15) is 11.6 Å². The molecule has 12 heteroatoms. The second-order valence-electron chi connectivity index (χ2n) is 8.06. The lowest BCUT2D eigenvalue weighted by atomic mass is 9.90. The highest BCUT2D eigenvalue weighted by Gasteiger charge is 2.60. The highest BCUT2D eigenvalue weighted by molar-refractivity contribution is 6.23. The van der Waals surface area contributed by atoms with Crippen LogP contribution in [0.25, 0.3) is 0 Å². The van der Waals surface area contributed by atoms with Gasteiger partial charge in [0.15, 0.2) is 6.10 Å². The van der Waals surface area contributed by atoms with Gasteiger partial charge >= 0.3 is 6.36 Å². The number of carbonyl (C=O) groups excluding carboxylic acids is 2. The molecule has 9 nitrogen and oxygen atoms in total. The van der Waals surface area contributed by atoms with Crippen LogP contribution >= 0.6 is 0 Å². The van der Waals surface area contributed by atoms with Crippen molar-refractivity contribution in [2.24, 2.45) is 5.92 Å². The van der Waals surface area contributed by atoms with E-state index < -0.39 is 46.9 Å². The molecule has 5 rings (SSSR count). The van der Waals surface area contributed by atoms with Gasteiger partial charge in [-0.15, -0.1) is 13.2 Å². The second kappa shape index (κ2) is 8.64. The maximum absolute atomic E-state index is 13.5. The fraction of sp³-hybridized carbons (Fsp3) is 0.167. The average molecular weight is 499 g/mol. The van der Waals surface area contributed by atoms with Gasteiger partial charge in [-0.3, -0.25) is 24.5 Å². The van der Waals surface area contributed by atoms with Crippen molar-refractivity contribution in [1.82, 2.24) is 0 Å². The number of amides is 2. The van der Waals surface area contributed by atoms with Crippen LogP contribution in [0.15, 0.2) is 78.9 Å². The molecule has 0 saturated carbocycles. The van der Waals surface area contributed by atoms with Crippen LogP contribution < -0.4 is 14.7 Å². The number of halogens is 3. The van der Waals surface area contributed by atoms with Gasteiger partial charge in [0, 0.05) is 12.1 Å². The molecule has 0 aromatic heterocycles. The number of para-hydroxylation sites is 1. The zero-order valence-corrected chi connectivity index (χ0v) is 18.2. The maximum atomic E-state index is 13.5. The summed E-state index contributed by atoms with van der Waals surface area (Å²) in [6.45, 7) is 0. The number of fused-ring (bicyclic) bond motifs is 1. The van der Waals surface area contributed by atoms with Crippen molar-refractivity contribution in [2.45, 2.75) is 18.5 Å². The number of carbonyl (C=O) groups is 2. The predicted octanol–water partition coefficient (Wildman–Crippen LogP) is 4.54. The second-order valence-corrected chi connectivity index (χ2v) is 8.06. The monoisotopic (exact) mass is 499 g/mol. The third kappa shape index (κ3) is 4.11. The molecular weight excluding hydrogens is 483 g/mol. The van der Waals surface area contributed by atoms with Crippen molar-refractivity contribution in [3.05, 3.63) is 94.5 Å². The first-order valence-electron chi connectivity index (χ1n) is 10.6. The molecule has 2 heterocycles. The summed E-state index contributed by atoms with van der Waals surface area (Å²) in [4.78, 5) is 44.0. The number of rotatable bonds is 5. The van der Waals surface area contributed by atoms with E-state index in [-0.39, 0.29) is 11.4 Å². The number of non-ortho nitro benzene ring substituents is 1. The molecule has 2 aliphatic heterocycles. The van der Waals surface area contributed by atoms with Crippen molar-refractivity contribution >= 4 is 28.9 Å². The zero-order chi connectivity index (χ0) is 25.6. The third-order valence-corrected chi connectivity index (χ3v) is 5.90. The largest absolute Gasteiger partial charge is 0.573 e. The molecule has 2 fully saturated rings. The van der Waals surface area contributed by atoms with Crippen LogP contribution in [0.4, 0.5) is 30.2 Å². The van der Waals surface area contributed by atoms with E-state index in [0.717, 1.165) is 17.0 Å². The van der Waals surface area contributed by atoms with Crippen molar-refractivity contribution in [1.29, 1.82) is 0 Å². The lowest BCUT2D eigenvalue weighted by molar-refractivity contribution is -0.384. The van der Waals surface area contributed by atoms with E-state index in [1.165, 1.54) is 41.5 Å². The Morgan fingerprint density at radius 2 is 1.50 bits per heavy atom. The molecule has 0 spiro atoms. The van der Waals surface area contributed by atoms with Gasteiger partial charge in [-0.05, 0) is 42.0 Å². The van der Waals surface area contributed by atoms with Gasteiger partial charge in [0.05, 0.1) is 22.3 Å². The summed E-state index contributed by atoms with van der Waals surface area (Å²) >= 11 is 0. The van der Waals surface area contributed by atoms with E-state index in [0.29, 0.717) is 11.3 Å². The number of nitro benzene ring substituents is 1. The van der Waals surface area contributed by atoms with Crippen molar-refractivity contribution in [2.75, 3.05) is 9.96 Å². The number of nitrogens with zero attached hydrogens (tertiary/aromatic N) is 3. The minimum absolute atomic E-state index is 0.146. The molecule has 3 unspecified atom stereocenters. The number of anilines is 2. The Morgan fingerprint density at radius 1 is 0.861 bits per heavy atom. The smallest absolute Gasteiger partial charge is 0.406 e. The van der Waals surface area contributed by atoms with Gasteiger partial charge in [0.1, 0.15) is 11.7 Å². The van der Waals surface area contributed by atoms with Gasteiger partial charge in [0.2, 0.25) is 5.91 Å². The number of alkyl halides is 3. The van der Waals surface area contributed by atoms with Crippen LogP contribution in [0.3, 0.4) is 0 Å². The maximum Gasteiger partial charge on any atom is 0.573 e. The topological polar surface area (TPSA) is 102 Å². The lowest BCUT2D eigenvalue weighted by Gasteiger charge is -2.28. The number of hydrogen-bond donors (Lipinski definition) is 0. The Labute approximate surface area is 201 Å². The van der Waals surface area contributed by atoms with Gasteiger partial charge in [-0.25, -0.2) is 9.96 Å². The normalized spacial score (nSPS) is 21.6. The number of hydrogen-bond acceptors (Lipinski definition) is 7. The summed E-state index contributed by atoms with van der Waals surface area (Å²) in [6.07, 6.45) is -6.07. The SMILES string of the molecule is O=C1C2ON(c3ccccc3)C(c3ccc(OC(F)(F)F)cc3)C2C(=O)N1c1ccc([N+](=O)[O-])cc1. The molecule has 36 heavy (non-hydrogen) atoms. The molecule has 3 aromatic rings. The zero-order valence-electron chi connectivity index (χ0n) is 18.2. The summed E-state index contributed by atoms with van der Waals surface area (Å²) in [5.41, 5.74) is 0.902. The standard InChI is InChI=1S/C24H16F3N3O6/c25-24(26,27)35-18-12-6-14(7-13-18)20-19-21(36-29(20)16-4-2-1-3-5-16)23(32)28(22(19)31)15-8-10-17(11-9-15)30(33)34/h1-13,19-21H. The molecule has 0 bridgehead atoms. The van der Waals surface area contributed by atoms with Gasteiger partial charge in [-0.2, -0.15) is 0 Å². The van der Waals surface area contributed by atoms with Crippen LogP contribution in [-0.4, -0.2) is 29.2 Å². The van der Waals surface area contributed by atoms with Gasteiger partial charge < -0.3 is 4.74 Å². The first-order chi connectivity index (χ1) is 17.1. The van der Waals surface area contributed by atoms with Crippen molar-refractivity contribution < 1.29 is 37.3 Å².